The largest absolute Gasteiger partial charge is 0.480 e. The van der Waals surface area contributed by atoms with Crippen molar-refractivity contribution in [2.75, 3.05) is 11.9 Å². The first-order chi connectivity index (χ1) is 15.5. The van der Waals surface area contributed by atoms with Crippen LogP contribution in [0.3, 0.4) is 0 Å². The van der Waals surface area contributed by atoms with Gasteiger partial charge in [0.25, 0.3) is 5.91 Å². The highest BCUT2D eigenvalue weighted by molar-refractivity contribution is 7.17. The summed E-state index contributed by atoms with van der Waals surface area (Å²) in [4.78, 5) is 39.8. The number of fused-ring (bicyclic) bond motifs is 3. The Hall–Kier alpha value is -3.72. The van der Waals surface area contributed by atoms with E-state index in [1.165, 1.54) is 6.20 Å². The molecule has 3 aromatic rings. The Kier molecular flexibility index (Phi) is 6.18. The van der Waals surface area contributed by atoms with E-state index >= 15 is 0 Å². The Morgan fingerprint density at radius 1 is 1.09 bits per heavy atom. The maximum atomic E-state index is 12.3. The third-order valence-electron chi connectivity index (χ3n) is 5.29. The molecule has 1 aliphatic carbocycles. The minimum absolute atomic E-state index is 0.0622. The number of aromatic nitrogens is 1. The SMILES string of the molecule is CC[C@@H](NC(=O)c1cnc(NC(=O)OCC2c3ccccc3-c3ccccc32)s1)C(=O)O. The number of carboxylic acids is 1. The number of ether oxygens (including phenoxy) is 1. The quantitative estimate of drug-likeness (QED) is 0.498. The average Bonchev–Trinajstić information content (AvgIpc) is 3.38. The van der Waals surface area contributed by atoms with Crippen LogP contribution in [0.4, 0.5) is 9.93 Å². The van der Waals surface area contributed by atoms with Crippen LogP contribution in [0, 0.1) is 0 Å². The Morgan fingerprint density at radius 3 is 2.31 bits per heavy atom. The number of carboxylic acid groups (broad SMARTS) is 1. The molecule has 4 rings (SSSR count). The topological polar surface area (TPSA) is 118 Å². The number of hydrogen-bond donors (Lipinski definition) is 3. The summed E-state index contributed by atoms with van der Waals surface area (Å²) in [7, 11) is 0. The van der Waals surface area contributed by atoms with Crippen molar-refractivity contribution in [2.45, 2.75) is 25.3 Å². The highest BCUT2D eigenvalue weighted by atomic mass is 32.1. The number of benzene rings is 2. The fourth-order valence-electron chi connectivity index (χ4n) is 3.73. The molecule has 164 valence electrons. The number of nitrogens with zero attached hydrogens (tertiary/aromatic N) is 1. The zero-order chi connectivity index (χ0) is 22.7. The standard InChI is InChI=1S/C23H21N3O5S/c1-2-18(21(28)29)25-20(27)19-11-24-22(32-19)26-23(30)31-12-17-15-9-5-3-7-13(15)14-8-4-6-10-16(14)17/h3-11,17-18H,2,12H2,1H3,(H,25,27)(H,28,29)(H,24,26,30)/t18-/m1/s1. The van der Waals surface area contributed by atoms with Gasteiger partial charge in [0.05, 0.1) is 6.20 Å². The molecule has 1 atom stereocenters. The molecule has 0 bridgehead atoms. The lowest BCUT2D eigenvalue weighted by Crippen LogP contribution is -2.39. The van der Waals surface area contributed by atoms with E-state index in [0.29, 0.717) is 0 Å². The van der Waals surface area contributed by atoms with Crippen LogP contribution in [0.2, 0.25) is 0 Å². The molecule has 1 aliphatic rings. The van der Waals surface area contributed by atoms with Crippen LogP contribution < -0.4 is 10.6 Å². The molecule has 3 N–H and O–H groups in total. The Balaban J connectivity index is 1.37. The lowest BCUT2D eigenvalue weighted by Gasteiger charge is -2.14. The van der Waals surface area contributed by atoms with Gasteiger partial charge >= 0.3 is 12.1 Å². The number of aliphatic carboxylic acids is 1. The Bertz CT molecular complexity index is 1130. The molecular formula is C23H21N3O5S. The van der Waals surface area contributed by atoms with E-state index < -0.39 is 24.0 Å². The van der Waals surface area contributed by atoms with E-state index in [9.17, 15) is 14.4 Å². The van der Waals surface area contributed by atoms with Crippen molar-refractivity contribution in [1.29, 1.82) is 0 Å². The number of carbonyl (C=O) groups excluding carboxylic acids is 2. The van der Waals surface area contributed by atoms with Gasteiger partial charge in [-0.05, 0) is 28.7 Å². The van der Waals surface area contributed by atoms with E-state index in [0.717, 1.165) is 33.6 Å². The third-order valence-corrected chi connectivity index (χ3v) is 6.21. The molecule has 1 aromatic heterocycles. The van der Waals surface area contributed by atoms with Crippen LogP contribution in [0.15, 0.2) is 54.7 Å². The van der Waals surface area contributed by atoms with Crippen LogP contribution in [0.25, 0.3) is 11.1 Å². The van der Waals surface area contributed by atoms with Crippen molar-refractivity contribution in [3.8, 4) is 11.1 Å². The maximum Gasteiger partial charge on any atom is 0.413 e. The summed E-state index contributed by atoms with van der Waals surface area (Å²) in [6, 6.07) is 15.1. The van der Waals surface area contributed by atoms with Gasteiger partial charge in [-0.2, -0.15) is 0 Å². The highest BCUT2D eigenvalue weighted by Gasteiger charge is 2.29. The molecule has 8 nitrogen and oxygen atoms in total. The first-order valence-corrected chi connectivity index (χ1v) is 10.9. The number of amides is 2. The zero-order valence-electron chi connectivity index (χ0n) is 17.2. The smallest absolute Gasteiger partial charge is 0.413 e. The first kappa shape index (κ1) is 21.5. The van der Waals surface area contributed by atoms with Gasteiger partial charge in [-0.15, -0.1) is 0 Å². The summed E-state index contributed by atoms with van der Waals surface area (Å²) in [6.45, 7) is 1.82. The molecular weight excluding hydrogens is 430 g/mol. The van der Waals surface area contributed by atoms with Gasteiger partial charge in [-0.25, -0.2) is 14.6 Å². The summed E-state index contributed by atoms with van der Waals surface area (Å²) in [5, 5.41) is 14.2. The van der Waals surface area contributed by atoms with Gasteiger partial charge in [-0.3, -0.25) is 10.1 Å². The van der Waals surface area contributed by atoms with Crippen molar-refractivity contribution in [3.05, 3.63) is 70.7 Å². The lowest BCUT2D eigenvalue weighted by atomic mass is 9.98. The van der Waals surface area contributed by atoms with Crippen LogP contribution in [-0.2, 0) is 9.53 Å². The van der Waals surface area contributed by atoms with Crippen LogP contribution in [-0.4, -0.2) is 40.7 Å². The molecule has 2 amide bonds. The number of carbonyl (C=O) groups is 3. The first-order valence-electron chi connectivity index (χ1n) is 10.1. The van der Waals surface area contributed by atoms with Crippen molar-refractivity contribution >= 4 is 34.4 Å². The van der Waals surface area contributed by atoms with Crippen molar-refractivity contribution in [2.24, 2.45) is 0 Å². The second-order valence-corrected chi connectivity index (χ2v) is 8.28. The lowest BCUT2D eigenvalue weighted by molar-refractivity contribution is -0.139. The molecule has 1 heterocycles. The molecule has 0 spiro atoms. The van der Waals surface area contributed by atoms with Crippen LogP contribution in [0.5, 0.6) is 0 Å². The maximum absolute atomic E-state index is 12.3. The van der Waals surface area contributed by atoms with Crippen molar-refractivity contribution in [1.82, 2.24) is 10.3 Å². The Labute approximate surface area is 188 Å². The van der Waals surface area contributed by atoms with Gasteiger partial charge in [0, 0.05) is 5.92 Å². The molecule has 9 heteroatoms. The molecule has 32 heavy (non-hydrogen) atoms. The summed E-state index contributed by atoms with van der Waals surface area (Å²) in [6.07, 6.45) is 0.864. The molecule has 0 saturated carbocycles. The molecule has 2 aromatic carbocycles. The van der Waals surface area contributed by atoms with Gasteiger partial charge < -0.3 is 15.2 Å². The van der Waals surface area contributed by atoms with E-state index in [-0.39, 0.29) is 29.0 Å². The van der Waals surface area contributed by atoms with Gasteiger partial charge in [0.1, 0.15) is 17.5 Å². The average molecular weight is 452 g/mol. The number of nitrogens with one attached hydrogen (secondary N) is 2. The molecule has 0 unspecified atom stereocenters. The summed E-state index contributed by atoms with van der Waals surface area (Å²) < 4.78 is 5.47. The van der Waals surface area contributed by atoms with Crippen molar-refractivity contribution in [3.63, 3.8) is 0 Å². The number of rotatable bonds is 7. The zero-order valence-corrected chi connectivity index (χ0v) is 18.0. The number of anilines is 1. The van der Waals surface area contributed by atoms with Crippen LogP contribution in [0.1, 0.15) is 40.1 Å². The highest BCUT2D eigenvalue weighted by Crippen LogP contribution is 2.44. The predicted molar refractivity (Wildman–Crippen MR) is 120 cm³/mol. The molecule has 0 radical (unpaired) electrons. The summed E-state index contributed by atoms with van der Waals surface area (Å²) in [5.74, 6) is -1.73. The minimum atomic E-state index is -1.11. The van der Waals surface area contributed by atoms with Gasteiger partial charge in [0.15, 0.2) is 5.13 Å². The van der Waals surface area contributed by atoms with E-state index in [1.807, 2.05) is 36.4 Å². The second kappa shape index (κ2) is 9.19. The predicted octanol–water partition coefficient (Wildman–Crippen LogP) is 4.10. The number of hydrogen-bond acceptors (Lipinski definition) is 6. The molecule has 0 aliphatic heterocycles. The van der Waals surface area contributed by atoms with E-state index in [1.54, 1.807) is 6.92 Å². The normalized spacial score (nSPS) is 13.0. The van der Waals surface area contributed by atoms with Crippen LogP contribution >= 0.6 is 11.3 Å². The summed E-state index contributed by atoms with van der Waals surface area (Å²) in [5.41, 5.74) is 4.50. The van der Waals surface area contributed by atoms with Gasteiger partial charge in [-0.1, -0.05) is 66.8 Å². The fraction of sp³-hybridized carbons (Fsp3) is 0.217. The van der Waals surface area contributed by atoms with E-state index in [4.69, 9.17) is 9.84 Å². The number of thiazole rings is 1. The fourth-order valence-corrected chi connectivity index (χ4v) is 4.43. The molecule has 0 fully saturated rings. The monoisotopic (exact) mass is 451 g/mol. The minimum Gasteiger partial charge on any atom is -0.480 e. The Morgan fingerprint density at radius 2 is 1.72 bits per heavy atom. The van der Waals surface area contributed by atoms with E-state index in [2.05, 4.69) is 27.8 Å². The third kappa shape index (κ3) is 4.33. The second-order valence-electron chi connectivity index (χ2n) is 7.25. The summed E-state index contributed by atoms with van der Waals surface area (Å²) >= 11 is 0.941. The molecule has 0 saturated heterocycles. The van der Waals surface area contributed by atoms with Crippen molar-refractivity contribution < 1.29 is 24.2 Å². The van der Waals surface area contributed by atoms with Gasteiger partial charge in [0.2, 0.25) is 0 Å².